The molecule has 220 valence electrons. The van der Waals surface area contributed by atoms with Crippen LogP contribution in [0.5, 0.6) is 0 Å². The average molecular weight is 574 g/mol. The van der Waals surface area contributed by atoms with Crippen LogP contribution in [-0.2, 0) is 26.6 Å². The number of carbonyl (C=O) groups is 1. The lowest BCUT2D eigenvalue weighted by molar-refractivity contribution is -0.183. The van der Waals surface area contributed by atoms with E-state index in [9.17, 15) is 36.2 Å². The second-order valence-electron chi connectivity index (χ2n) is 11.0. The largest absolute Gasteiger partial charge is 0.481 e. The van der Waals surface area contributed by atoms with Crippen molar-refractivity contribution in [3.63, 3.8) is 0 Å². The number of benzene rings is 2. The highest BCUT2D eigenvalue weighted by atomic mass is 19.4. The van der Waals surface area contributed by atoms with E-state index in [2.05, 4.69) is 11.8 Å². The van der Waals surface area contributed by atoms with Crippen molar-refractivity contribution in [2.75, 3.05) is 32.8 Å². The van der Waals surface area contributed by atoms with Crippen molar-refractivity contribution in [1.29, 1.82) is 0 Å². The summed E-state index contributed by atoms with van der Waals surface area (Å²) < 4.78 is 92.8. The molecule has 0 saturated carbocycles. The number of piperidine rings is 1. The first-order chi connectivity index (χ1) is 18.7. The predicted molar refractivity (Wildman–Crippen MR) is 135 cm³/mol. The zero-order chi connectivity index (χ0) is 29.3. The summed E-state index contributed by atoms with van der Waals surface area (Å²) in [5.74, 6) is -1.48. The van der Waals surface area contributed by atoms with Crippen molar-refractivity contribution < 1.29 is 45.7 Å². The zero-order valence-electron chi connectivity index (χ0n) is 22.3. The van der Waals surface area contributed by atoms with E-state index in [4.69, 9.17) is 9.47 Å². The second kappa shape index (κ2) is 11.7. The summed E-state index contributed by atoms with van der Waals surface area (Å²) in [5, 5.41) is 10.6. The molecule has 0 spiro atoms. The number of ether oxygens (including phenoxy) is 2. The number of hydrogen-bond donors (Lipinski definition) is 1. The van der Waals surface area contributed by atoms with Crippen molar-refractivity contribution in [2.24, 2.45) is 11.3 Å². The molecule has 2 aromatic carbocycles. The van der Waals surface area contributed by atoms with Crippen LogP contribution in [0.2, 0.25) is 0 Å². The second-order valence-corrected chi connectivity index (χ2v) is 11.0. The molecule has 1 N–H and O–H groups in total. The van der Waals surface area contributed by atoms with Gasteiger partial charge < -0.3 is 19.5 Å². The topological polar surface area (TPSA) is 59.0 Å². The van der Waals surface area contributed by atoms with Gasteiger partial charge in [0.2, 0.25) is 0 Å². The Bertz CT molecular complexity index is 1140. The maximum Gasteiger partial charge on any atom is 0.416 e. The van der Waals surface area contributed by atoms with Crippen LogP contribution in [0.15, 0.2) is 48.5 Å². The Morgan fingerprint density at radius 1 is 1.10 bits per heavy atom. The summed E-state index contributed by atoms with van der Waals surface area (Å²) in [4.78, 5) is 15.1. The van der Waals surface area contributed by atoms with Gasteiger partial charge in [0.15, 0.2) is 0 Å². The molecule has 2 fully saturated rings. The van der Waals surface area contributed by atoms with Crippen LogP contribution in [-0.4, -0.2) is 54.9 Å². The van der Waals surface area contributed by atoms with Crippen LogP contribution in [0, 0.1) is 11.3 Å². The standard InChI is InChI=1S/C29H33F6NO4/c1-18-7-6-10-36(14-18)16-27(26(37)38)17-39-15-24(25(27)20-8-4-3-5-9-20)40-19(2)21-11-22(28(30,31)32)13-23(12-21)29(33,34)35/h3-5,8-9,11-13,18-19,24-25H,6-7,10,14-17H2,1-2H3,(H,37,38). The lowest BCUT2D eigenvalue weighted by Gasteiger charge is -2.48. The molecule has 40 heavy (non-hydrogen) atoms. The fraction of sp³-hybridized carbons (Fsp3) is 0.552. The minimum absolute atomic E-state index is 0.0690. The first-order valence-electron chi connectivity index (χ1n) is 13.2. The highest BCUT2D eigenvalue weighted by molar-refractivity contribution is 5.77. The smallest absolute Gasteiger partial charge is 0.416 e. The Hall–Kier alpha value is -2.63. The lowest BCUT2D eigenvalue weighted by atomic mass is 9.67. The number of alkyl halides is 6. The van der Waals surface area contributed by atoms with Crippen LogP contribution < -0.4 is 0 Å². The fourth-order valence-electron chi connectivity index (χ4n) is 6.00. The van der Waals surface area contributed by atoms with Crippen LogP contribution in [0.25, 0.3) is 0 Å². The van der Waals surface area contributed by atoms with Crippen LogP contribution in [0.1, 0.15) is 61.0 Å². The molecule has 2 aliphatic heterocycles. The molecule has 0 aromatic heterocycles. The maximum absolute atomic E-state index is 13.5. The van der Waals surface area contributed by atoms with Crippen molar-refractivity contribution in [1.82, 2.24) is 4.90 Å². The van der Waals surface area contributed by atoms with E-state index >= 15 is 0 Å². The number of hydrogen-bond acceptors (Lipinski definition) is 4. The van der Waals surface area contributed by atoms with Crippen molar-refractivity contribution in [3.8, 4) is 0 Å². The highest BCUT2D eigenvalue weighted by Gasteiger charge is 2.54. The summed E-state index contributed by atoms with van der Waals surface area (Å²) in [5.41, 5.74) is -4.00. The van der Waals surface area contributed by atoms with E-state index in [1.807, 2.05) is 0 Å². The molecule has 5 unspecified atom stereocenters. The van der Waals surface area contributed by atoms with E-state index in [1.165, 1.54) is 6.92 Å². The van der Waals surface area contributed by atoms with E-state index in [0.717, 1.165) is 12.8 Å². The average Bonchev–Trinajstić information content (AvgIpc) is 2.88. The third kappa shape index (κ3) is 6.63. The molecular formula is C29H33F6NO4. The van der Waals surface area contributed by atoms with Gasteiger partial charge in [0.05, 0.1) is 36.5 Å². The van der Waals surface area contributed by atoms with Gasteiger partial charge in [-0.1, -0.05) is 37.3 Å². The Kier molecular flexibility index (Phi) is 8.87. The normalized spacial score (nSPS) is 27.4. The van der Waals surface area contributed by atoms with E-state index in [0.29, 0.717) is 36.7 Å². The summed E-state index contributed by atoms with van der Waals surface area (Å²) in [6, 6.07) is 10.2. The number of halogens is 6. The van der Waals surface area contributed by atoms with Gasteiger partial charge in [0.1, 0.15) is 5.41 Å². The molecule has 0 amide bonds. The predicted octanol–water partition coefficient (Wildman–Crippen LogP) is 6.79. The SMILES string of the molecule is CC1CCCN(CC2(C(=O)O)COCC(OC(C)c3cc(C(F)(F)F)cc(C(F)(F)F)c3)C2c2ccccc2)C1. The number of likely N-dealkylation sites (tertiary alicyclic amines) is 1. The van der Waals surface area contributed by atoms with Gasteiger partial charge in [-0.25, -0.2) is 0 Å². The van der Waals surface area contributed by atoms with Gasteiger partial charge in [0, 0.05) is 19.0 Å². The summed E-state index contributed by atoms with van der Waals surface area (Å²) in [6.45, 7) is 4.88. The van der Waals surface area contributed by atoms with E-state index in [-0.39, 0.29) is 31.4 Å². The first-order valence-corrected chi connectivity index (χ1v) is 13.2. The van der Waals surface area contributed by atoms with Crippen LogP contribution >= 0.6 is 0 Å². The molecule has 4 rings (SSSR count). The number of nitrogens with zero attached hydrogens (tertiary/aromatic N) is 1. The van der Waals surface area contributed by atoms with Gasteiger partial charge in [-0.2, -0.15) is 26.3 Å². The van der Waals surface area contributed by atoms with Crippen LogP contribution in [0.3, 0.4) is 0 Å². The summed E-state index contributed by atoms with van der Waals surface area (Å²) in [7, 11) is 0. The molecule has 2 aromatic rings. The minimum atomic E-state index is -5.00. The Morgan fingerprint density at radius 2 is 1.73 bits per heavy atom. The van der Waals surface area contributed by atoms with Gasteiger partial charge in [-0.3, -0.25) is 4.79 Å². The lowest BCUT2D eigenvalue weighted by Crippen LogP contribution is -2.58. The van der Waals surface area contributed by atoms with Gasteiger partial charge in [0.25, 0.3) is 0 Å². The third-order valence-electron chi connectivity index (χ3n) is 7.90. The molecule has 2 heterocycles. The minimum Gasteiger partial charge on any atom is -0.481 e. The molecule has 0 aliphatic carbocycles. The van der Waals surface area contributed by atoms with E-state index < -0.39 is 53.0 Å². The molecule has 0 radical (unpaired) electrons. The van der Waals surface area contributed by atoms with Crippen molar-refractivity contribution in [2.45, 2.75) is 57.2 Å². The number of carboxylic acids is 1. The quantitative estimate of drug-likeness (QED) is 0.370. The zero-order valence-corrected chi connectivity index (χ0v) is 22.3. The number of carboxylic acid groups (broad SMARTS) is 1. The summed E-state index contributed by atoms with van der Waals surface area (Å²) in [6.07, 6.45) is -10.2. The van der Waals surface area contributed by atoms with Gasteiger partial charge >= 0.3 is 18.3 Å². The van der Waals surface area contributed by atoms with Crippen molar-refractivity contribution >= 4 is 5.97 Å². The highest BCUT2D eigenvalue weighted by Crippen LogP contribution is 2.46. The molecule has 2 saturated heterocycles. The Labute approximate surface area is 229 Å². The van der Waals surface area contributed by atoms with Gasteiger partial charge in [-0.05, 0) is 61.6 Å². The Morgan fingerprint density at radius 3 is 2.27 bits per heavy atom. The molecule has 5 atom stereocenters. The molecule has 2 aliphatic rings. The fourth-order valence-corrected chi connectivity index (χ4v) is 6.00. The molecule has 5 nitrogen and oxygen atoms in total. The number of rotatable bonds is 7. The third-order valence-corrected chi connectivity index (χ3v) is 7.90. The molecule has 0 bridgehead atoms. The maximum atomic E-state index is 13.5. The Balaban J connectivity index is 1.72. The van der Waals surface area contributed by atoms with E-state index in [1.54, 1.807) is 30.3 Å². The number of aliphatic carboxylic acids is 1. The van der Waals surface area contributed by atoms with Gasteiger partial charge in [-0.15, -0.1) is 0 Å². The van der Waals surface area contributed by atoms with Crippen LogP contribution in [0.4, 0.5) is 26.3 Å². The van der Waals surface area contributed by atoms with Crippen molar-refractivity contribution in [3.05, 3.63) is 70.8 Å². The monoisotopic (exact) mass is 573 g/mol. The summed E-state index contributed by atoms with van der Waals surface area (Å²) >= 11 is 0. The first kappa shape index (κ1) is 30.3. The molecule has 11 heteroatoms. The molecular weight excluding hydrogens is 540 g/mol.